The van der Waals surface area contributed by atoms with Crippen LogP contribution in [0.1, 0.15) is 16.1 Å². The van der Waals surface area contributed by atoms with Crippen molar-refractivity contribution in [2.24, 2.45) is 0 Å². The molecule has 3 aromatic rings. The van der Waals surface area contributed by atoms with Gasteiger partial charge in [0, 0.05) is 10.9 Å². The Kier molecular flexibility index (Phi) is 5.13. The van der Waals surface area contributed by atoms with Gasteiger partial charge >= 0.3 is 0 Å². The maximum Gasteiger partial charge on any atom is 0.257 e. The third-order valence-corrected chi connectivity index (χ3v) is 4.40. The van der Waals surface area contributed by atoms with Gasteiger partial charge in [0.05, 0.1) is 21.3 Å². The smallest absolute Gasteiger partial charge is 0.257 e. The van der Waals surface area contributed by atoms with Gasteiger partial charge < -0.3 is 18.6 Å². The van der Waals surface area contributed by atoms with Crippen LogP contribution in [-0.2, 0) is 0 Å². The summed E-state index contributed by atoms with van der Waals surface area (Å²) in [5.74, 6) is 2.37. The second-order valence-corrected chi connectivity index (χ2v) is 6.17. The van der Waals surface area contributed by atoms with Gasteiger partial charge in [0.15, 0.2) is 22.4 Å². The first-order chi connectivity index (χ1) is 12.5. The number of amides is 1. The quantitative estimate of drug-likeness (QED) is 0.702. The van der Waals surface area contributed by atoms with Crippen LogP contribution in [0.15, 0.2) is 34.1 Å². The number of carbonyl (C=O) groups is 1. The first kappa shape index (κ1) is 17.8. The Labute approximate surface area is 154 Å². The van der Waals surface area contributed by atoms with Crippen LogP contribution in [-0.4, -0.2) is 32.2 Å². The van der Waals surface area contributed by atoms with E-state index in [0.717, 1.165) is 5.76 Å². The highest BCUT2D eigenvalue weighted by Crippen LogP contribution is 2.38. The number of ether oxygens (including phenoxy) is 3. The summed E-state index contributed by atoms with van der Waals surface area (Å²) in [5, 5.41) is 5.06. The number of anilines is 1. The molecule has 1 aromatic carbocycles. The van der Waals surface area contributed by atoms with E-state index in [4.69, 9.17) is 18.6 Å². The Bertz CT molecular complexity index is 906. The van der Waals surface area contributed by atoms with Crippen LogP contribution in [0.5, 0.6) is 17.2 Å². The van der Waals surface area contributed by atoms with Crippen LogP contribution >= 0.6 is 11.3 Å². The standard InChI is InChI=1S/C18H18N2O5S/c1-10-5-6-13(25-10)12-9-26-18(19-12)20-17(21)11-7-14(22-2)16(24-4)15(8-11)23-3/h5-9H,1-4H3,(H,19,20,21). The molecular weight excluding hydrogens is 356 g/mol. The van der Waals surface area contributed by atoms with Crippen molar-refractivity contribution in [3.05, 3.63) is 41.0 Å². The van der Waals surface area contributed by atoms with Gasteiger partial charge in [-0.05, 0) is 31.2 Å². The minimum Gasteiger partial charge on any atom is -0.493 e. The summed E-state index contributed by atoms with van der Waals surface area (Å²) in [6.07, 6.45) is 0. The maximum absolute atomic E-state index is 12.6. The van der Waals surface area contributed by atoms with Crippen molar-refractivity contribution in [1.29, 1.82) is 0 Å². The number of nitrogens with zero attached hydrogens (tertiary/aromatic N) is 1. The molecule has 136 valence electrons. The lowest BCUT2D eigenvalue weighted by atomic mass is 10.1. The average Bonchev–Trinajstić information content (AvgIpc) is 3.29. The summed E-state index contributed by atoms with van der Waals surface area (Å²) in [6, 6.07) is 6.88. The van der Waals surface area contributed by atoms with Gasteiger partial charge in [-0.15, -0.1) is 11.3 Å². The van der Waals surface area contributed by atoms with E-state index in [1.54, 1.807) is 12.1 Å². The highest BCUT2D eigenvalue weighted by Gasteiger charge is 2.18. The number of aromatic nitrogens is 1. The van der Waals surface area contributed by atoms with E-state index in [1.807, 2.05) is 24.4 Å². The van der Waals surface area contributed by atoms with Crippen molar-refractivity contribution in [1.82, 2.24) is 4.98 Å². The molecule has 0 spiro atoms. The molecule has 0 fully saturated rings. The molecule has 0 bridgehead atoms. The van der Waals surface area contributed by atoms with Crippen LogP contribution in [0.3, 0.4) is 0 Å². The van der Waals surface area contributed by atoms with Crippen LogP contribution in [0.25, 0.3) is 11.5 Å². The second kappa shape index (κ2) is 7.49. The Morgan fingerprint density at radius 1 is 1.12 bits per heavy atom. The largest absolute Gasteiger partial charge is 0.493 e. The monoisotopic (exact) mass is 374 g/mol. The predicted octanol–water partition coefficient (Wildman–Crippen LogP) is 3.99. The highest BCUT2D eigenvalue weighted by atomic mass is 32.1. The number of furan rings is 1. The first-order valence-electron chi connectivity index (χ1n) is 7.69. The summed E-state index contributed by atoms with van der Waals surface area (Å²) >= 11 is 1.31. The molecule has 3 rings (SSSR count). The third-order valence-electron chi connectivity index (χ3n) is 3.64. The Balaban J connectivity index is 1.83. The normalized spacial score (nSPS) is 10.5. The summed E-state index contributed by atoms with van der Waals surface area (Å²) in [5.41, 5.74) is 1.04. The van der Waals surface area contributed by atoms with E-state index in [1.165, 1.54) is 32.7 Å². The third kappa shape index (κ3) is 3.50. The number of rotatable bonds is 6. The molecule has 0 aliphatic rings. The van der Waals surface area contributed by atoms with Gasteiger partial charge in [0.1, 0.15) is 11.5 Å². The van der Waals surface area contributed by atoms with E-state index in [2.05, 4.69) is 10.3 Å². The molecule has 1 amide bonds. The predicted molar refractivity (Wildman–Crippen MR) is 98.6 cm³/mol. The Morgan fingerprint density at radius 2 is 1.81 bits per heavy atom. The van der Waals surface area contributed by atoms with Crippen LogP contribution in [0, 0.1) is 6.92 Å². The second-order valence-electron chi connectivity index (χ2n) is 5.32. The molecule has 0 radical (unpaired) electrons. The van der Waals surface area contributed by atoms with Crippen molar-refractivity contribution in [3.63, 3.8) is 0 Å². The fraction of sp³-hybridized carbons (Fsp3) is 0.222. The molecule has 0 aliphatic heterocycles. The van der Waals surface area contributed by atoms with Gasteiger partial charge in [-0.2, -0.15) is 0 Å². The molecule has 26 heavy (non-hydrogen) atoms. The maximum atomic E-state index is 12.6. The van der Waals surface area contributed by atoms with Crippen molar-refractivity contribution in [2.75, 3.05) is 26.6 Å². The SMILES string of the molecule is COc1cc(C(=O)Nc2nc(-c3ccc(C)o3)cs2)cc(OC)c1OC. The van der Waals surface area contributed by atoms with Crippen molar-refractivity contribution in [3.8, 4) is 28.7 Å². The van der Waals surface area contributed by atoms with Gasteiger partial charge in [0.2, 0.25) is 5.75 Å². The van der Waals surface area contributed by atoms with Crippen LogP contribution in [0.4, 0.5) is 5.13 Å². The van der Waals surface area contributed by atoms with Crippen molar-refractivity contribution < 1.29 is 23.4 Å². The molecule has 0 saturated heterocycles. The molecule has 2 aromatic heterocycles. The molecule has 7 nitrogen and oxygen atoms in total. The summed E-state index contributed by atoms with van der Waals surface area (Å²) in [4.78, 5) is 17.0. The molecule has 8 heteroatoms. The minimum atomic E-state index is -0.333. The van der Waals surface area contributed by atoms with Gasteiger partial charge in [-0.1, -0.05) is 0 Å². The molecule has 0 aliphatic carbocycles. The van der Waals surface area contributed by atoms with Crippen LogP contribution in [0.2, 0.25) is 0 Å². The van der Waals surface area contributed by atoms with E-state index < -0.39 is 0 Å². The molecule has 1 N–H and O–H groups in total. The van der Waals surface area contributed by atoms with E-state index in [-0.39, 0.29) is 5.91 Å². The van der Waals surface area contributed by atoms with E-state index in [0.29, 0.717) is 39.4 Å². The molecule has 2 heterocycles. The zero-order chi connectivity index (χ0) is 18.7. The fourth-order valence-electron chi connectivity index (χ4n) is 2.40. The zero-order valence-corrected chi connectivity index (χ0v) is 15.6. The lowest BCUT2D eigenvalue weighted by Gasteiger charge is -2.13. The first-order valence-corrected chi connectivity index (χ1v) is 8.57. The summed E-state index contributed by atoms with van der Waals surface area (Å²) < 4.78 is 21.4. The molecule has 0 unspecified atom stereocenters. The van der Waals surface area contributed by atoms with E-state index in [9.17, 15) is 4.79 Å². The zero-order valence-electron chi connectivity index (χ0n) is 14.8. The summed E-state index contributed by atoms with van der Waals surface area (Å²) in [6.45, 7) is 1.86. The average molecular weight is 374 g/mol. The van der Waals surface area contributed by atoms with E-state index >= 15 is 0 Å². The Morgan fingerprint density at radius 3 is 2.35 bits per heavy atom. The number of benzene rings is 1. The lowest BCUT2D eigenvalue weighted by molar-refractivity contribution is 0.102. The lowest BCUT2D eigenvalue weighted by Crippen LogP contribution is -2.12. The number of nitrogens with one attached hydrogen (secondary N) is 1. The van der Waals surface area contributed by atoms with Gasteiger partial charge in [-0.25, -0.2) is 4.98 Å². The number of hydrogen-bond acceptors (Lipinski definition) is 7. The number of carbonyl (C=O) groups excluding carboxylic acids is 1. The molecule has 0 saturated carbocycles. The Hall–Kier alpha value is -3.00. The number of thiazole rings is 1. The van der Waals surface area contributed by atoms with Gasteiger partial charge in [-0.3, -0.25) is 10.1 Å². The molecular formula is C18H18N2O5S. The van der Waals surface area contributed by atoms with Crippen LogP contribution < -0.4 is 19.5 Å². The molecule has 0 atom stereocenters. The number of methoxy groups -OCH3 is 3. The highest BCUT2D eigenvalue weighted by molar-refractivity contribution is 7.14. The number of aryl methyl sites for hydroxylation is 1. The summed E-state index contributed by atoms with van der Waals surface area (Å²) in [7, 11) is 4.50. The van der Waals surface area contributed by atoms with Crippen molar-refractivity contribution >= 4 is 22.4 Å². The van der Waals surface area contributed by atoms with Crippen molar-refractivity contribution in [2.45, 2.75) is 6.92 Å². The number of hydrogen-bond donors (Lipinski definition) is 1. The fourth-order valence-corrected chi connectivity index (χ4v) is 3.09. The van der Waals surface area contributed by atoms with Gasteiger partial charge in [0.25, 0.3) is 5.91 Å². The topological polar surface area (TPSA) is 82.8 Å². The minimum absolute atomic E-state index is 0.333.